The van der Waals surface area contributed by atoms with Crippen molar-refractivity contribution in [3.8, 4) is 0 Å². The van der Waals surface area contributed by atoms with E-state index in [-0.39, 0.29) is 5.91 Å². The molecule has 0 bridgehead atoms. The van der Waals surface area contributed by atoms with Gasteiger partial charge in [-0.2, -0.15) is 0 Å². The van der Waals surface area contributed by atoms with Crippen molar-refractivity contribution < 1.29 is 9.53 Å². The molecule has 1 aliphatic heterocycles. The third-order valence-electron chi connectivity index (χ3n) is 3.05. The molecule has 1 aromatic rings. The van der Waals surface area contributed by atoms with Crippen LogP contribution in [0.25, 0.3) is 0 Å². The minimum atomic E-state index is -0.578. The molecule has 1 atom stereocenters. The van der Waals surface area contributed by atoms with Crippen molar-refractivity contribution in [1.29, 1.82) is 0 Å². The second-order valence-corrected chi connectivity index (χ2v) is 4.68. The normalized spacial score (nSPS) is 25.6. The summed E-state index contributed by atoms with van der Waals surface area (Å²) in [6, 6.07) is 3.70. The Balaban J connectivity index is 2.52. The van der Waals surface area contributed by atoms with Crippen molar-refractivity contribution >= 4 is 21.8 Å². The highest BCUT2D eigenvalue weighted by atomic mass is 79.9. The van der Waals surface area contributed by atoms with Crippen molar-refractivity contribution in [3.63, 3.8) is 0 Å². The molecule has 0 N–H and O–H groups in total. The lowest BCUT2D eigenvalue weighted by atomic mass is 10.1. The topological polar surface area (TPSA) is 34.5 Å². The van der Waals surface area contributed by atoms with Gasteiger partial charge in [-0.05, 0) is 35.0 Å². The SMILES string of the molecule is CO[C@]1(C)Cn2c(Br)ccc2C(=O)N1C. The van der Waals surface area contributed by atoms with Gasteiger partial charge in [-0.1, -0.05) is 0 Å². The Morgan fingerprint density at radius 3 is 2.80 bits per heavy atom. The molecule has 5 heteroatoms. The van der Waals surface area contributed by atoms with Gasteiger partial charge in [0.05, 0.1) is 11.1 Å². The Hall–Kier alpha value is -0.810. The number of carbonyl (C=O) groups is 1. The highest BCUT2D eigenvalue weighted by Crippen LogP contribution is 2.29. The van der Waals surface area contributed by atoms with E-state index in [0.29, 0.717) is 12.2 Å². The molecule has 4 nitrogen and oxygen atoms in total. The number of halogens is 1. The van der Waals surface area contributed by atoms with Crippen LogP contribution in [0, 0.1) is 0 Å². The average Bonchev–Trinajstić information content (AvgIpc) is 2.57. The molecule has 0 spiro atoms. The Kier molecular flexibility index (Phi) is 2.39. The van der Waals surface area contributed by atoms with Crippen molar-refractivity contribution in [3.05, 3.63) is 22.4 Å². The molecule has 1 amide bonds. The summed E-state index contributed by atoms with van der Waals surface area (Å²) in [5.41, 5.74) is 0.116. The molecule has 2 rings (SSSR count). The number of hydrogen-bond donors (Lipinski definition) is 0. The molecule has 0 radical (unpaired) electrons. The molecular formula is C10H13BrN2O2. The predicted molar refractivity (Wildman–Crippen MR) is 59.6 cm³/mol. The van der Waals surface area contributed by atoms with E-state index < -0.39 is 5.72 Å². The van der Waals surface area contributed by atoms with E-state index in [2.05, 4.69) is 15.9 Å². The van der Waals surface area contributed by atoms with Gasteiger partial charge in [0, 0.05) is 14.2 Å². The van der Waals surface area contributed by atoms with E-state index >= 15 is 0 Å². The summed E-state index contributed by atoms with van der Waals surface area (Å²) in [7, 11) is 3.38. The monoisotopic (exact) mass is 272 g/mol. The Morgan fingerprint density at radius 2 is 2.20 bits per heavy atom. The second-order valence-electron chi connectivity index (χ2n) is 3.87. The molecule has 1 aromatic heterocycles. The standard InChI is InChI=1S/C10H13BrN2O2/c1-10(15-3)6-13-7(4-5-8(13)11)9(14)12(10)2/h4-5H,6H2,1-3H3/t10-/m1/s1. The lowest BCUT2D eigenvalue weighted by Gasteiger charge is -2.41. The first-order chi connectivity index (χ1) is 6.99. The number of hydrogen-bond acceptors (Lipinski definition) is 2. The quantitative estimate of drug-likeness (QED) is 0.780. The lowest BCUT2D eigenvalue weighted by Crippen LogP contribution is -2.55. The van der Waals surface area contributed by atoms with Gasteiger partial charge in [-0.15, -0.1) is 0 Å². The number of carbonyl (C=O) groups excluding carboxylic acids is 1. The molecule has 1 aliphatic rings. The van der Waals surface area contributed by atoms with Gasteiger partial charge in [0.25, 0.3) is 5.91 Å². The van der Waals surface area contributed by atoms with Gasteiger partial charge in [0.1, 0.15) is 5.69 Å². The van der Waals surface area contributed by atoms with E-state index in [4.69, 9.17) is 4.74 Å². The highest BCUT2D eigenvalue weighted by Gasteiger charge is 2.40. The van der Waals surface area contributed by atoms with Crippen molar-refractivity contribution in [2.45, 2.75) is 19.2 Å². The predicted octanol–water partition coefficient (Wildman–Crippen LogP) is 1.70. The van der Waals surface area contributed by atoms with Crippen LogP contribution in [0.3, 0.4) is 0 Å². The third-order valence-corrected chi connectivity index (χ3v) is 3.74. The molecule has 15 heavy (non-hydrogen) atoms. The van der Waals surface area contributed by atoms with Crippen molar-refractivity contribution in [2.75, 3.05) is 14.2 Å². The van der Waals surface area contributed by atoms with E-state index in [9.17, 15) is 4.79 Å². The van der Waals surface area contributed by atoms with E-state index in [1.54, 1.807) is 19.1 Å². The number of aromatic nitrogens is 1. The van der Waals surface area contributed by atoms with E-state index in [1.807, 2.05) is 23.6 Å². The van der Waals surface area contributed by atoms with Crippen LogP contribution in [0.2, 0.25) is 0 Å². The number of ether oxygens (including phenoxy) is 1. The van der Waals surface area contributed by atoms with Gasteiger partial charge in [-0.25, -0.2) is 0 Å². The molecular weight excluding hydrogens is 260 g/mol. The molecule has 2 heterocycles. The van der Waals surface area contributed by atoms with Gasteiger partial charge < -0.3 is 14.2 Å². The maximum atomic E-state index is 12.0. The zero-order valence-corrected chi connectivity index (χ0v) is 10.5. The maximum Gasteiger partial charge on any atom is 0.272 e. The Bertz CT molecular complexity index is 416. The van der Waals surface area contributed by atoms with E-state index in [0.717, 1.165) is 4.60 Å². The molecule has 0 unspecified atom stereocenters. The lowest BCUT2D eigenvalue weighted by molar-refractivity contribution is -0.111. The summed E-state index contributed by atoms with van der Waals surface area (Å²) in [4.78, 5) is 13.6. The van der Waals surface area contributed by atoms with Crippen LogP contribution in [0.1, 0.15) is 17.4 Å². The number of methoxy groups -OCH3 is 1. The van der Waals surface area contributed by atoms with Crippen LogP contribution >= 0.6 is 15.9 Å². The fourth-order valence-electron chi connectivity index (χ4n) is 1.78. The van der Waals surface area contributed by atoms with Crippen molar-refractivity contribution in [2.24, 2.45) is 0 Å². The largest absolute Gasteiger partial charge is 0.357 e. The molecule has 82 valence electrons. The summed E-state index contributed by atoms with van der Waals surface area (Å²) in [6.07, 6.45) is 0. The molecule has 0 aromatic carbocycles. The first-order valence-electron chi connectivity index (χ1n) is 4.68. The molecule has 0 saturated carbocycles. The van der Waals surface area contributed by atoms with Crippen molar-refractivity contribution in [1.82, 2.24) is 9.47 Å². The number of amides is 1. The van der Waals surface area contributed by atoms with Gasteiger partial charge in [-0.3, -0.25) is 4.79 Å². The number of likely N-dealkylation sites (N-methyl/N-ethyl adjacent to an activating group) is 1. The Labute approximate surface area is 96.9 Å². The van der Waals surface area contributed by atoms with Gasteiger partial charge in [0.2, 0.25) is 0 Å². The first-order valence-corrected chi connectivity index (χ1v) is 5.47. The number of rotatable bonds is 1. The summed E-state index contributed by atoms with van der Waals surface area (Å²) in [5.74, 6) is -0.0173. The Morgan fingerprint density at radius 1 is 1.53 bits per heavy atom. The molecule has 0 aliphatic carbocycles. The van der Waals surface area contributed by atoms with Crippen LogP contribution in [0.5, 0.6) is 0 Å². The van der Waals surface area contributed by atoms with Crippen LogP contribution in [-0.2, 0) is 11.3 Å². The fraction of sp³-hybridized carbons (Fsp3) is 0.500. The van der Waals surface area contributed by atoms with Crippen LogP contribution < -0.4 is 0 Å². The minimum Gasteiger partial charge on any atom is -0.357 e. The average molecular weight is 273 g/mol. The van der Waals surface area contributed by atoms with Gasteiger partial charge in [0.15, 0.2) is 5.72 Å². The molecule has 0 fully saturated rings. The number of nitrogens with zero attached hydrogens (tertiary/aromatic N) is 2. The smallest absolute Gasteiger partial charge is 0.272 e. The van der Waals surface area contributed by atoms with E-state index in [1.165, 1.54) is 0 Å². The summed E-state index contributed by atoms with van der Waals surface area (Å²) in [6.45, 7) is 2.54. The third kappa shape index (κ3) is 1.41. The first kappa shape index (κ1) is 10.7. The van der Waals surface area contributed by atoms with Crippen LogP contribution in [-0.4, -0.2) is 35.3 Å². The van der Waals surface area contributed by atoms with Crippen LogP contribution in [0.15, 0.2) is 16.7 Å². The maximum absolute atomic E-state index is 12.0. The zero-order chi connectivity index (χ0) is 11.2. The summed E-state index contributed by atoms with van der Waals surface area (Å²) in [5, 5.41) is 0. The van der Waals surface area contributed by atoms with Gasteiger partial charge >= 0.3 is 0 Å². The minimum absolute atomic E-state index is 0.0173. The van der Waals surface area contributed by atoms with Crippen LogP contribution in [0.4, 0.5) is 0 Å². The summed E-state index contributed by atoms with van der Waals surface area (Å²) >= 11 is 3.42. The highest BCUT2D eigenvalue weighted by molar-refractivity contribution is 9.10. The second kappa shape index (κ2) is 3.35. The fourth-order valence-corrected chi connectivity index (χ4v) is 2.23. The zero-order valence-electron chi connectivity index (χ0n) is 8.95. The summed E-state index contributed by atoms with van der Waals surface area (Å²) < 4.78 is 8.23. The molecule has 0 saturated heterocycles. The number of fused-ring (bicyclic) bond motifs is 1.